The molecule has 3 aliphatic rings. The zero-order valence-corrected chi connectivity index (χ0v) is 22.8. The van der Waals surface area contributed by atoms with Crippen LogP contribution < -0.4 is 5.32 Å². The first-order chi connectivity index (χ1) is 16.1. The second kappa shape index (κ2) is 10.1. The van der Waals surface area contributed by atoms with Crippen LogP contribution in [0, 0.1) is 27.2 Å². The Morgan fingerprint density at radius 2 is 2.00 bits per heavy atom. The monoisotopic (exact) mass is 601 g/mol. The number of halogens is 1. The Bertz CT molecular complexity index is 1100. The third kappa shape index (κ3) is 5.12. The SMILES string of the molecule is CCOC(=O)C1C2CCC(C2)C1N(CCC(C)C)C(=O)CC1=NS(=O)(=O)c2cc(I)ccc2N1. The fourth-order valence-corrected chi connectivity index (χ4v) is 7.50. The molecular formula is C24H32IN3O5S. The molecule has 2 saturated carbocycles. The zero-order chi connectivity index (χ0) is 24.6. The van der Waals surface area contributed by atoms with Crippen molar-refractivity contribution in [3.05, 3.63) is 21.8 Å². The average molecular weight is 602 g/mol. The molecule has 1 aromatic rings. The number of nitrogens with zero attached hydrogens (tertiary/aromatic N) is 2. The lowest BCUT2D eigenvalue weighted by molar-refractivity contribution is -0.154. The number of anilines is 1. The summed E-state index contributed by atoms with van der Waals surface area (Å²) in [4.78, 5) is 28.5. The summed E-state index contributed by atoms with van der Waals surface area (Å²) in [5.41, 5.74) is 0.427. The number of rotatable bonds is 8. The van der Waals surface area contributed by atoms with Crippen LogP contribution in [0.15, 0.2) is 27.5 Å². The Morgan fingerprint density at radius 1 is 1.26 bits per heavy atom. The van der Waals surface area contributed by atoms with Crippen molar-refractivity contribution in [2.75, 3.05) is 18.5 Å². The minimum atomic E-state index is -3.89. The lowest BCUT2D eigenvalue weighted by atomic mass is 9.83. The summed E-state index contributed by atoms with van der Waals surface area (Å²) < 4.78 is 35.6. The highest BCUT2D eigenvalue weighted by Gasteiger charge is 2.54. The molecule has 0 radical (unpaired) electrons. The molecule has 1 aliphatic heterocycles. The molecule has 186 valence electrons. The number of amidine groups is 1. The van der Waals surface area contributed by atoms with E-state index in [-0.39, 0.29) is 52.8 Å². The van der Waals surface area contributed by atoms with E-state index in [0.717, 1.165) is 29.3 Å². The summed E-state index contributed by atoms with van der Waals surface area (Å²) in [7, 11) is -3.89. The summed E-state index contributed by atoms with van der Waals surface area (Å²) >= 11 is 2.05. The van der Waals surface area contributed by atoms with Gasteiger partial charge < -0.3 is 15.0 Å². The molecule has 4 rings (SSSR count). The second-order valence-electron chi connectivity index (χ2n) is 9.83. The number of amides is 1. The molecule has 34 heavy (non-hydrogen) atoms. The van der Waals surface area contributed by atoms with E-state index < -0.39 is 10.0 Å². The lowest BCUT2D eigenvalue weighted by Crippen LogP contribution is -2.51. The van der Waals surface area contributed by atoms with Gasteiger partial charge in [-0.3, -0.25) is 9.59 Å². The first-order valence-electron chi connectivity index (χ1n) is 12.0. The quantitative estimate of drug-likeness (QED) is 0.356. The largest absolute Gasteiger partial charge is 0.466 e. The van der Waals surface area contributed by atoms with Gasteiger partial charge in [0.1, 0.15) is 10.7 Å². The van der Waals surface area contributed by atoms with Crippen molar-refractivity contribution in [3.8, 4) is 0 Å². The molecular weight excluding hydrogens is 569 g/mol. The third-order valence-electron chi connectivity index (χ3n) is 7.11. The van der Waals surface area contributed by atoms with Gasteiger partial charge in [0.25, 0.3) is 10.0 Å². The number of nitrogens with one attached hydrogen (secondary N) is 1. The zero-order valence-electron chi connectivity index (χ0n) is 19.8. The molecule has 1 amide bonds. The molecule has 2 fully saturated rings. The highest BCUT2D eigenvalue weighted by Crippen LogP contribution is 2.51. The topological polar surface area (TPSA) is 105 Å². The first-order valence-corrected chi connectivity index (χ1v) is 14.5. The van der Waals surface area contributed by atoms with Crippen molar-refractivity contribution in [2.45, 2.75) is 63.8 Å². The Hall–Kier alpha value is -1.69. The summed E-state index contributed by atoms with van der Waals surface area (Å²) in [6, 6.07) is 4.85. The van der Waals surface area contributed by atoms with Gasteiger partial charge in [0, 0.05) is 16.2 Å². The summed E-state index contributed by atoms with van der Waals surface area (Å²) in [6.07, 6.45) is 3.55. The third-order valence-corrected chi connectivity index (χ3v) is 9.13. The number of esters is 1. The van der Waals surface area contributed by atoms with Crippen molar-refractivity contribution in [3.63, 3.8) is 0 Å². The fraction of sp³-hybridized carbons (Fsp3) is 0.625. The standard InChI is InChI=1S/C24H32IN3O5S/c1-4-33-24(30)22-15-5-6-16(11-15)23(22)28(10-9-14(2)3)21(29)13-20-26-18-8-7-17(25)12-19(18)34(31,32)27-20/h7-8,12,14-16,22-23H,4-6,9-11,13H2,1-3H3,(H,26,27). The lowest BCUT2D eigenvalue weighted by Gasteiger charge is -2.39. The molecule has 1 aromatic carbocycles. The van der Waals surface area contributed by atoms with Crippen LogP contribution >= 0.6 is 22.6 Å². The minimum Gasteiger partial charge on any atom is -0.466 e. The number of fused-ring (bicyclic) bond motifs is 3. The minimum absolute atomic E-state index is 0.114. The van der Waals surface area contributed by atoms with E-state index in [2.05, 4.69) is 46.2 Å². The van der Waals surface area contributed by atoms with E-state index in [4.69, 9.17) is 4.74 Å². The second-order valence-corrected chi connectivity index (χ2v) is 12.6. The maximum absolute atomic E-state index is 13.6. The van der Waals surface area contributed by atoms with Gasteiger partial charge in [-0.1, -0.05) is 13.8 Å². The maximum atomic E-state index is 13.6. The van der Waals surface area contributed by atoms with E-state index >= 15 is 0 Å². The number of carbonyl (C=O) groups excluding carboxylic acids is 2. The summed E-state index contributed by atoms with van der Waals surface area (Å²) in [5.74, 6) is 0.261. The Balaban J connectivity index is 1.59. The van der Waals surface area contributed by atoms with Gasteiger partial charge in [-0.25, -0.2) is 0 Å². The van der Waals surface area contributed by atoms with Gasteiger partial charge in [0.2, 0.25) is 5.91 Å². The van der Waals surface area contributed by atoms with Crippen molar-refractivity contribution in [1.29, 1.82) is 0 Å². The van der Waals surface area contributed by atoms with Gasteiger partial charge in [0.05, 0.1) is 24.6 Å². The first kappa shape index (κ1) is 25.4. The van der Waals surface area contributed by atoms with Crippen molar-refractivity contribution < 1.29 is 22.7 Å². The van der Waals surface area contributed by atoms with Crippen LogP contribution in [-0.4, -0.2) is 50.2 Å². The van der Waals surface area contributed by atoms with Gasteiger partial charge in [0.15, 0.2) is 0 Å². The van der Waals surface area contributed by atoms with E-state index in [9.17, 15) is 18.0 Å². The molecule has 0 spiro atoms. The normalized spacial score (nSPS) is 26.6. The molecule has 1 N–H and O–H groups in total. The van der Waals surface area contributed by atoms with Crippen molar-refractivity contribution >= 4 is 56.0 Å². The molecule has 2 bridgehead atoms. The van der Waals surface area contributed by atoms with E-state index in [0.29, 0.717) is 24.8 Å². The summed E-state index contributed by atoms with van der Waals surface area (Å²) in [5, 5.41) is 3.04. The molecule has 0 aromatic heterocycles. The highest BCUT2D eigenvalue weighted by atomic mass is 127. The number of sulfonamides is 1. The number of hydrogen-bond donors (Lipinski definition) is 1. The highest BCUT2D eigenvalue weighted by molar-refractivity contribution is 14.1. The van der Waals surface area contributed by atoms with Crippen LogP contribution in [0.4, 0.5) is 5.69 Å². The predicted molar refractivity (Wildman–Crippen MR) is 138 cm³/mol. The van der Waals surface area contributed by atoms with Crippen LogP contribution in [-0.2, 0) is 24.3 Å². The van der Waals surface area contributed by atoms with Crippen LogP contribution in [0.3, 0.4) is 0 Å². The van der Waals surface area contributed by atoms with Crippen LogP contribution in [0.2, 0.25) is 0 Å². The molecule has 0 saturated heterocycles. The van der Waals surface area contributed by atoms with E-state index in [1.54, 1.807) is 25.1 Å². The van der Waals surface area contributed by atoms with E-state index in [1.807, 2.05) is 4.90 Å². The van der Waals surface area contributed by atoms with Gasteiger partial charge in [-0.15, -0.1) is 4.40 Å². The number of hydrogen-bond acceptors (Lipinski definition) is 6. The number of ether oxygens (including phenoxy) is 1. The predicted octanol–water partition coefficient (Wildman–Crippen LogP) is 4.05. The van der Waals surface area contributed by atoms with Crippen LogP contribution in [0.1, 0.15) is 52.9 Å². The molecule has 4 unspecified atom stereocenters. The maximum Gasteiger partial charge on any atom is 0.311 e. The van der Waals surface area contributed by atoms with Gasteiger partial charge >= 0.3 is 5.97 Å². The molecule has 1 heterocycles. The van der Waals surface area contributed by atoms with Gasteiger partial charge in [-0.2, -0.15) is 8.42 Å². The Labute approximate surface area is 215 Å². The Morgan fingerprint density at radius 3 is 2.71 bits per heavy atom. The number of benzene rings is 1. The summed E-state index contributed by atoms with van der Waals surface area (Å²) in [6.45, 7) is 6.84. The van der Waals surface area contributed by atoms with E-state index in [1.165, 1.54) is 0 Å². The molecule has 2 aliphatic carbocycles. The van der Waals surface area contributed by atoms with Crippen molar-refractivity contribution in [2.24, 2.45) is 28.1 Å². The van der Waals surface area contributed by atoms with Crippen LogP contribution in [0.25, 0.3) is 0 Å². The fourth-order valence-electron chi connectivity index (χ4n) is 5.62. The molecule has 10 heteroatoms. The Kier molecular flexibility index (Phi) is 7.56. The molecule has 4 atom stereocenters. The van der Waals surface area contributed by atoms with Crippen LogP contribution in [0.5, 0.6) is 0 Å². The average Bonchev–Trinajstić information content (AvgIpc) is 3.36. The number of carbonyl (C=O) groups is 2. The van der Waals surface area contributed by atoms with Gasteiger partial charge in [-0.05, 0) is 91.2 Å². The van der Waals surface area contributed by atoms with Crippen molar-refractivity contribution in [1.82, 2.24) is 4.90 Å². The molecule has 8 nitrogen and oxygen atoms in total. The smallest absolute Gasteiger partial charge is 0.311 e.